The van der Waals surface area contributed by atoms with Gasteiger partial charge in [-0.05, 0) is 86.8 Å². The van der Waals surface area contributed by atoms with Gasteiger partial charge in [-0.2, -0.15) is 0 Å². The van der Waals surface area contributed by atoms with Crippen molar-refractivity contribution < 1.29 is 4.42 Å². The second-order valence-electron chi connectivity index (χ2n) is 14.4. The molecule has 0 amide bonds. The van der Waals surface area contributed by atoms with E-state index in [9.17, 15) is 0 Å². The molecule has 0 atom stereocenters. The van der Waals surface area contributed by atoms with Crippen LogP contribution < -0.4 is 4.90 Å². The van der Waals surface area contributed by atoms with Crippen molar-refractivity contribution in [2.24, 2.45) is 0 Å². The summed E-state index contributed by atoms with van der Waals surface area (Å²) < 4.78 is 6.67. The van der Waals surface area contributed by atoms with Crippen LogP contribution in [-0.4, -0.2) is 0 Å². The summed E-state index contributed by atoms with van der Waals surface area (Å²) >= 11 is 0. The fourth-order valence-corrected chi connectivity index (χ4v) is 9.25. The maximum atomic E-state index is 6.67. The molecule has 0 bridgehead atoms. The molecule has 55 heavy (non-hydrogen) atoms. The van der Waals surface area contributed by atoms with Gasteiger partial charge in [-0.3, -0.25) is 0 Å². The smallest absolute Gasteiger partial charge is 0.143 e. The van der Waals surface area contributed by atoms with Gasteiger partial charge in [0, 0.05) is 33.1 Å². The van der Waals surface area contributed by atoms with E-state index < -0.39 is 5.41 Å². The zero-order chi connectivity index (χ0) is 36.3. The van der Waals surface area contributed by atoms with Crippen LogP contribution in [0, 0.1) is 0 Å². The van der Waals surface area contributed by atoms with E-state index in [0.717, 1.165) is 55.5 Å². The molecule has 0 fully saturated rings. The number of anilines is 3. The first-order valence-electron chi connectivity index (χ1n) is 18.9. The Morgan fingerprint density at radius 1 is 0.382 bits per heavy atom. The minimum atomic E-state index is -0.504. The van der Waals surface area contributed by atoms with Crippen LogP contribution in [0.25, 0.3) is 55.0 Å². The van der Waals surface area contributed by atoms with Crippen molar-refractivity contribution in [3.8, 4) is 22.3 Å². The fraction of sp³-hybridized carbons (Fsp3) is 0.0189. The molecule has 0 saturated heterocycles. The van der Waals surface area contributed by atoms with Gasteiger partial charge in [0.15, 0.2) is 0 Å². The van der Waals surface area contributed by atoms with E-state index in [1.807, 2.05) is 0 Å². The number of fused-ring (bicyclic) bond motifs is 8. The Hall–Kier alpha value is -7.16. The third-order valence-corrected chi connectivity index (χ3v) is 11.5. The SMILES string of the molecule is c1ccc(N(c2ccc3c(c2)C(c2ccccc2)(c2ccccc2)c2ccccc2-3)c2ccccc2-c2cccc3oc4c5ccccc5ccc4c23)cc1. The average Bonchev–Trinajstić information content (AvgIpc) is 3.79. The van der Waals surface area contributed by atoms with Crippen LogP contribution >= 0.6 is 0 Å². The van der Waals surface area contributed by atoms with Gasteiger partial charge in [0.2, 0.25) is 0 Å². The van der Waals surface area contributed by atoms with Crippen LogP contribution in [0.15, 0.2) is 217 Å². The molecule has 0 spiro atoms. The Labute approximate surface area is 320 Å². The molecule has 11 rings (SSSR count). The van der Waals surface area contributed by atoms with Crippen LogP contribution in [0.2, 0.25) is 0 Å². The number of hydrogen-bond donors (Lipinski definition) is 0. The molecular formula is C53H35NO. The fourth-order valence-electron chi connectivity index (χ4n) is 9.25. The molecule has 0 aliphatic heterocycles. The summed E-state index contributed by atoms with van der Waals surface area (Å²) in [6.45, 7) is 0. The Morgan fingerprint density at radius 3 is 1.78 bits per heavy atom. The van der Waals surface area contributed by atoms with Crippen molar-refractivity contribution in [3.05, 3.63) is 235 Å². The van der Waals surface area contributed by atoms with Gasteiger partial charge in [0.1, 0.15) is 11.2 Å². The summed E-state index contributed by atoms with van der Waals surface area (Å²) in [6, 6.07) is 77.0. The van der Waals surface area contributed by atoms with Crippen LogP contribution in [0.1, 0.15) is 22.3 Å². The van der Waals surface area contributed by atoms with Gasteiger partial charge in [0.05, 0.1) is 11.1 Å². The van der Waals surface area contributed by atoms with Gasteiger partial charge in [-0.1, -0.05) is 170 Å². The molecular weight excluding hydrogens is 667 g/mol. The monoisotopic (exact) mass is 701 g/mol. The van der Waals surface area contributed by atoms with Crippen molar-refractivity contribution in [3.63, 3.8) is 0 Å². The first-order chi connectivity index (χ1) is 27.3. The summed E-state index contributed by atoms with van der Waals surface area (Å²) in [5, 5.41) is 4.55. The zero-order valence-corrected chi connectivity index (χ0v) is 30.1. The van der Waals surface area contributed by atoms with Crippen LogP contribution in [0.5, 0.6) is 0 Å². The van der Waals surface area contributed by atoms with E-state index in [4.69, 9.17) is 4.42 Å². The number of para-hydroxylation sites is 2. The lowest BCUT2D eigenvalue weighted by Crippen LogP contribution is -2.28. The highest BCUT2D eigenvalue weighted by molar-refractivity contribution is 6.19. The topological polar surface area (TPSA) is 16.4 Å². The van der Waals surface area contributed by atoms with E-state index in [1.165, 1.54) is 38.8 Å². The zero-order valence-electron chi connectivity index (χ0n) is 30.1. The van der Waals surface area contributed by atoms with E-state index in [2.05, 4.69) is 217 Å². The lowest BCUT2D eigenvalue weighted by atomic mass is 9.67. The molecule has 0 radical (unpaired) electrons. The molecule has 0 unspecified atom stereocenters. The minimum absolute atomic E-state index is 0.504. The molecule has 258 valence electrons. The van der Waals surface area contributed by atoms with Crippen molar-refractivity contribution in [1.29, 1.82) is 0 Å². The minimum Gasteiger partial charge on any atom is -0.455 e. The van der Waals surface area contributed by atoms with Crippen molar-refractivity contribution >= 4 is 49.8 Å². The lowest BCUT2D eigenvalue weighted by Gasteiger charge is -2.35. The van der Waals surface area contributed by atoms with Gasteiger partial charge in [-0.15, -0.1) is 0 Å². The molecule has 9 aromatic carbocycles. The molecule has 1 heterocycles. The number of nitrogens with zero attached hydrogens (tertiary/aromatic N) is 1. The molecule has 1 aromatic heterocycles. The molecule has 0 saturated carbocycles. The van der Waals surface area contributed by atoms with Gasteiger partial charge >= 0.3 is 0 Å². The average molecular weight is 702 g/mol. The van der Waals surface area contributed by atoms with Gasteiger partial charge in [-0.25, -0.2) is 0 Å². The van der Waals surface area contributed by atoms with Gasteiger partial charge < -0.3 is 9.32 Å². The highest BCUT2D eigenvalue weighted by atomic mass is 16.3. The Morgan fingerprint density at radius 2 is 1.00 bits per heavy atom. The standard InChI is InChI=1S/C53H35NO/c1-4-18-37(19-5-1)53(38-20-6-2-7-21-38)47-28-14-12-25-42(47)43-34-32-40(35-48(43)53)54(39-22-8-3-9-23-39)49-29-15-13-26-44(49)45-27-16-30-50-51(45)46-33-31-36-17-10-11-24-41(36)52(46)55-50/h1-35H. The Balaban J connectivity index is 1.18. The Bertz CT molecular complexity index is 3000. The number of benzene rings is 9. The van der Waals surface area contributed by atoms with Crippen molar-refractivity contribution in [2.75, 3.05) is 4.90 Å². The molecule has 1 aliphatic carbocycles. The predicted octanol–water partition coefficient (Wildman–Crippen LogP) is 14.2. The quantitative estimate of drug-likeness (QED) is 0.172. The second kappa shape index (κ2) is 12.5. The number of furan rings is 1. The summed E-state index contributed by atoms with van der Waals surface area (Å²) in [4.78, 5) is 2.43. The normalized spacial score (nSPS) is 12.9. The summed E-state index contributed by atoms with van der Waals surface area (Å²) in [7, 11) is 0. The molecule has 2 nitrogen and oxygen atoms in total. The highest BCUT2D eigenvalue weighted by Gasteiger charge is 2.46. The third-order valence-electron chi connectivity index (χ3n) is 11.5. The molecule has 0 N–H and O–H groups in total. The van der Waals surface area contributed by atoms with Crippen molar-refractivity contribution in [2.45, 2.75) is 5.41 Å². The van der Waals surface area contributed by atoms with E-state index in [0.29, 0.717) is 0 Å². The molecule has 10 aromatic rings. The summed E-state index contributed by atoms with van der Waals surface area (Å²) in [5.74, 6) is 0. The molecule has 2 heteroatoms. The lowest BCUT2D eigenvalue weighted by molar-refractivity contribution is 0.673. The third kappa shape index (κ3) is 4.68. The predicted molar refractivity (Wildman–Crippen MR) is 229 cm³/mol. The summed E-state index contributed by atoms with van der Waals surface area (Å²) in [5.41, 5.74) is 14.5. The maximum absolute atomic E-state index is 6.67. The number of hydrogen-bond acceptors (Lipinski definition) is 2. The highest BCUT2D eigenvalue weighted by Crippen LogP contribution is 2.57. The second-order valence-corrected chi connectivity index (χ2v) is 14.4. The van der Waals surface area contributed by atoms with Crippen LogP contribution in [-0.2, 0) is 5.41 Å². The number of rotatable bonds is 6. The van der Waals surface area contributed by atoms with E-state index >= 15 is 0 Å². The van der Waals surface area contributed by atoms with E-state index in [-0.39, 0.29) is 0 Å². The van der Waals surface area contributed by atoms with E-state index in [1.54, 1.807) is 0 Å². The largest absolute Gasteiger partial charge is 0.455 e. The van der Waals surface area contributed by atoms with Crippen LogP contribution in [0.4, 0.5) is 17.1 Å². The Kier molecular flexibility index (Phi) is 7.11. The first-order valence-corrected chi connectivity index (χ1v) is 18.9. The molecule has 1 aliphatic rings. The summed E-state index contributed by atoms with van der Waals surface area (Å²) in [6.07, 6.45) is 0. The van der Waals surface area contributed by atoms with Crippen molar-refractivity contribution in [1.82, 2.24) is 0 Å². The maximum Gasteiger partial charge on any atom is 0.143 e. The van der Waals surface area contributed by atoms with Crippen LogP contribution in [0.3, 0.4) is 0 Å². The van der Waals surface area contributed by atoms with Gasteiger partial charge in [0.25, 0.3) is 0 Å². The first kappa shape index (κ1) is 31.4.